The van der Waals surface area contributed by atoms with Crippen LogP contribution in [0.15, 0.2) is 65.5 Å². The Morgan fingerprint density at radius 1 is 1.27 bits per heavy atom. The van der Waals surface area contributed by atoms with Crippen LogP contribution in [0, 0.1) is 51.0 Å². The molecule has 0 spiro atoms. The normalized spacial score (nSPS) is 24.1. The van der Waals surface area contributed by atoms with Gasteiger partial charge in [0.2, 0.25) is 11.8 Å². The van der Waals surface area contributed by atoms with E-state index in [-0.39, 0.29) is 28.4 Å². The first kappa shape index (κ1) is 21.9. The van der Waals surface area contributed by atoms with Gasteiger partial charge < -0.3 is 10.4 Å². The third-order valence-electron chi connectivity index (χ3n) is 6.34. The van der Waals surface area contributed by atoms with Gasteiger partial charge in [0.05, 0.1) is 28.2 Å². The molecule has 0 radical (unpaired) electrons. The number of pyridine rings is 1. The van der Waals surface area contributed by atoms with Crippen molar-refractivity contribution in [3.05, 3.63) is 86.9 Å². The van der Waals surface area contributed by atoms with Gasteiger partial charge in [-0.05, 0) is 24.3 Å². The van der Waals surface area contributed by atoms with Crippen molar-refractivity contribution in [1.82, 2.24) is 5.32 Å². The SMILES string of the molecule is Cc1cccc[n+]1[C@H]1[C@@H](c2ccc([N+](=O)[O-])cc2)C(C#N)=C(C(=C=N)C#N)N[C@@]1(O)C1CC1. The van der Waals surface area contributed by atoms with Crippen molar-refractivity contribution >= 4 is 11.6 Å². The van der Waals surface area contributed by atoms with Crippen molar-refractivity contribution < 1.29 is 14.6 Å². The minimum atomic E-state index is -1.53. The molecular weight excluding hydrogens is 420 g/mol. The maximum absolute atomic E-state index is 12.1. The second-order valence-corrected chi connectivity index (χ2v) is 8.26. The molecule has 1 aliphatic heterocycles. The van der Waals surface area contributed by atoms with Gasteiger partial charge in [0.25, 0.3) is 5.69 Å². The lowest BCUT2D eigenvalue weighted by Crippen LogP contribution is -2.66. The number of hydrogen-bond donors (Lipinski definition) is 3. The number of non-ortho nitro benzene ring substituents is 1. The Morgan fingerprint density at radius 2 is 1.97 bits per heavy atom. The zero-order chi connectivity index (χ0) is 23.8. The number of nitro benzene ring substituents is 1. The smallest absolute Gasteiger partial charge is 0.269 e. The molecule has 3 N–H and O–H groups in total. The number of allylic oxidation sites excluding steroid dienone is 2. The summed E-state index contributed by atoms with van der Waals surface area (Å²) < 4.78 is 1.89. The van der Waals surface area contributed by atoms with Crippen LogP contribution in [0.1, 0.15) is 36.1 Å². The number of aromatic nitrogens is 1. The number of rotatable bonds is 5. The molecule has 0 unspecified atom stereocenters. The highest BCUT2D eigenvalue weighted by molar-refractivity contribution is 5.71. The van der Waals surface area contributed by atoms with Crippen LogP contribution >= 0.6 is 0 Å². The first-order valence-electron chi connectivity index (χ1n) is 10.4. The minimum absolute atomic E-state index is 0.0678. The zero-order valence-electron chi connectivity index (χ0n) is 17.8. The number of benzene rings is 1. The van der Waals surface area contributed by atoms with E-state index in [1.165, 1.54) is 12.1 Å². The summed E-state index contributed by atoms with van der Waals surface area (Å²) in [6.45, 7) is 1.89. The summed E-state index contributed by atoms with van der Waals surface area (Å²) in [5.74, 6) is 1.19. The van der Waals surface area contributed by atoms with Gasteiger partial charge in [0.1, 0.15) is 11.6 Å². The molecule has 3 atom stereocenters. The molecule has 2 aliphatic rings. The summed E-state index contributed by atoms with van der Waals surface area (Å²) in [7, 11) is 0. The Hall–Kier alpha value is -4.30. The van der Waals surface area contributed by atoms with E-state index in [0.29, 0.717) is 5.56 Å². The zero-order valence-corrected chi connectivity index (χ0v) is 17.8. The van der Waals surface area contributed by atoms with Gasteiger partial charge in [-0.15, -0.1) is 0 Å². The second kappa shape index (κ2) is 8.33. The second-order valence-electron chi connectivity index (χ2n) is 8.26. The molecule has 2 heterocycles. The van der Waals surface area contributed by atoms with Crippen molar-refractivity contribution in [2.45, 2.75) is 37.5 Å². The van der Waals surface area contributed by atoms with Crippen molar-refractivity contribution in [2.24, 2.45) is 5.92 Å². The van der Waals surface area contributed by atoms with E-state index in [0.717, 1.165) is 18.5 Å². The van der Waals surface area contributed by atoms with Crippen LogP contribution in [0.4, 0.5) is 5.69 Å². The fourth-order valence-electron chi connectivity index (χ4n) is 4.62. The highest BCUT2D eigenvalue weighted by Crippen LogP contribution is 2.52. The summed E-state index contributed by atoms with van der Waals surface area (Å²) in [5.41, 5.74) is -0.157. The van der Waals surface area contributed by atoms with Crippen LogP contribution in [-0.2, 0) is 0 Å². The third kappa shape index (κ3) is 3.66. The van der Waals surface area contributed by atoms with E-state index in [2.05, 4.69) is 17.3 Å². The lowest BCUT2D eigenvalue weighted by atomic mass is 9.73. The summed E-state index contributed by atoms with van der Waals surface area (Å²) >= 11 is 0. The predicted molar refractivity (Wildman–Crippen MR) is 117 cm³/mol. The minimum Gasteiger partial charge on any atom is -0.365 e. The van der Waals surface area contributed by atoms with Gasteiger partial charge >= 0.3 is 0 Å². The Labute approximate surface area is 190 Å². The lowest BCUT2D eigenvalue weighted by molar-refractivity contribution is -0.747. The number of nitro groups is 1. The molecular formula is C24H21N6O3+. The lowest BCUT2D eigenvalue weighted by Gasteiger charge is -2.43. The Bertz CT molecular complexity index is 1290. The van der Waals surface area contributed by atoms with E-state index in [9.17, 15) is 25.7 Å². The highest BCUT2D eigenvalue weighted by Gasteiger charge is 2.61. The quantitative estimate of drug-likeness (QED) is 0.213. The van der Waals surface area contributed by atoms with Crippen molar-refractivity contribution in [1.29, 1.82) is 15.9 Å². The Balaban J connectivity index is 2.04. The van der Waals surface area contributed by atoms with Gasteiger partial charge in [-0.1, -0.05) is 18.2 Å². The average molecular weight is 441 g/mol. The summed E-state index contributed by atoms with van der Waals surface area (Å²) in [6.07, 6.45) is 3.33. The molecule has 0 bridgehead atoms. The molecule has 1 aromatic carbocycles. The van der Waals surface area contributed by atoms with Crippen LogP contribution in [0.2, 0.25) is 0 Å². The van der Waals surface area contributed by atoms with Gasteiger partial charge in [0, 0.05) is 37.1 Å². The Morgan fingerprint density at radius 3 is 2.48 bits per heavy atom. The van der Waals surface area contributed by atoms with E-state index in [4.69, 9.17) is 5.41 Å². The van der Waals surface area contributed by atoms with Crippen LogP contribution in [0.25, 0.3) is 0 Å². The maximum atomic E-state index is 12.1. The molecule has 9 heteroatoms. The first-order valence-corrected chi connectivity index (χ1v) is 10.4. The predicted octanol–water partition coefficient (Wildman–Crippen LogP) is 2.69. The van der Waals surface area contributed by atoms with Gasteiger partial charge in [-0.3, -0.25) is 15.5 Å². The maximum Gasteiger partial charge on any atom is 0.269 e. The number of nitrogens with zero attached hydrogens (tertiary/aromatic N) is 4. The van der Waals surface area contributed by atoms with Crippen LogP contribution < -0.4 is 9.88 Å². The highest BCUT2D eigenvalue weighted by atomic mass is 16.6. The standard InChI is InChI=1S/C24H21N6O3/c1-15-4-2-3-11-29(15)23-21(16-5-9-19(10-6-16)30(32)33)20(14-27)22(17(12-25)13-26)28-24(23,31)18-7-8-18/h2-6,9-11,18,21,23,25,28,31H,7-8H2,1H3/q+1/t21-,23-,24+/m0/s1. The third-order valence-corrected chi connectivity index (χ3v) is 6.34. The largest absolute Gasteiger partial charge is 0.365 e. The number of aliphatic hydroxyl groups is 1. The van der Waals surface area contributed by atoms with E-state index >= 15 is 0 Å². The van der Waals surface area contributed by atoms with Crippen molar-refractivity contribution in [3.8, 4) is 12.1 Å². The van der Waals surface area contributed by atoms with E-state index in [1.54, 1.807) is 12.1 Å². The molecule has 164 valence electrons. The Kier molecular flexibility index (Phi) is 5.53. The number of aryl methyl sites for hydroxylation is 1. The molecule has 4 rings (SSSR count). The number of nitrogens with one attached hydrogen (secondary N) is 2. The van der Waals surface area contributed by atoms with Crippen LogP contribution in [0.3, 0.4) is 0 Å². The van der Waals surface area contributed by atoms with Crippen LogP contribution in [-0.4, -0.2) is 21.6 Å². The van der Waals surface area contributed by atoms with Gasteiger partial charge in [-0.25, -0.2) is 0 Å². The molecule has 1 aliphatic carbocycles. The summed E-state index contributed by atoms with van der Waals surface area (Å²) in [4.78, 5) is 10.7. The van der Waals surface area contributed by atoms with E-state index in [1.807, 2.05) is 42.0 Å². The van der Waals surface area contributed by atoms with Gasteiger partial charge in [-0.2, -0.15) is 15.1 Å². The molecule has 0 saturated heterocycles. The molecule has 33 heavy (non-hydrogen) atoms. The van der Waals surface area contributed by atoms with E-state index < -0.39 is 22.6 Å². The van der Waals surface area contributed by atoms with Crippen molar-refractivity contribution in [3.63, 3.8) is 0 Å². The van der Waals surface area contributed by atoms with Gasteiger partial charge in [0.15, 0.2) is 11.9 Å². The molecule has 0 amide bonds. The fourth-order valence-corrected chi connectivity index (χ4v) is 4.62. The number of nitriles is 2. The monoisotopic (exact) mass is 441 g/mol. The molecule has 1 saturated carbocycles. The molecule has 1 fully saturated rings. The first-order chi connectivity index (χ1) is 15.8. The average Bonchev–Trinajstić information content (AvgIpc) is 3.66. The number of hydrogen-bond acceptors (Lipinski definition) is 7. The molecule has 2 aromatic rings. The molecule has 9 nitrogen and oxygen atoms in total. The van der Waals surface area contributed by atoms with Crippen LogP contribution in [0.5, 0.6) is 0 Å². The van der Waals surface area contributed by atoms with Crippen molar-refractivity contribution in [2.75, 3.05) is 0 Å². The summed E-state index contributed by atoms with van der Waals surface area (Å²) in [6, 6.07) is 14.8. The summed E-state index contributed by atoms with van der Waals surface area (Å²) in [5, 5.41) is 53.6. The fraction of sp³-hybridized carbons (Fsp3) is 0.292. The topological polar surface area (TPSA) is 151 Å². The molecule has 1 aromatic heterocycles.